The highest BCUT2D eigenvalue weighted by atomic mass is 79.9. The summed E-state index contributed by atoms with van der Waals surface area (Å²) in [5.74, 6) is 0.355. The van der Waals surface area contributed by atoms with Crippen LogP contribution in [0.25, 0.3) is 0 Å². The van der Waals surface area contributed by atoms with E-state index in [-0.39, 0.29) is 6.54 Å². The highest BCUT2D eigenvalue weighted by Crippen LogP contribution is 2.22. The molecular formula is C8H11BrN4O2. The first-order chi connectivity index (χ1) is 7.04. The summed E-state index contributed by atoms with van der Waals surface area (Å²) < 4.78 is 5.65. The molecule has 0 unspecified atom stereocenters. The van der Waals surface area contributed by atoms with E-state index in [1.54, 1.807) is 13.2 Å². The van der Waals surface area contributed by atoms with Gasteiger partial charge in [-0.1, -0.05) is 0 Å². The topological polar surface area (TPSA) is 81.3 Å². The number of halogens is 1. The van der Waals surface area contributed by atoms with Crippen molar-refractivity contribution in [3.8, 4) is 5.88 Å². The van der Waals surface area contributed by atoms with E-state index in [2.05, 4.69) is 25.9 Å². The first-order valence-corrected chi connectivity index (χ1v) is 4.90. The molecule has 7 heteroatoms. The van der Waals surface area contributed by atoms with Crippen LogP contribution < -0.4 is 15.4 Å². The third-order valence-corrected chi connectivity index (χ3v) is 2.17. The normalized spacial score (nSPS) is 9.80. The SMILES string of the molecule is COc1nc(N(C)CC(N)=O)ncc1Br. The molecule has 1 heterocycles. The van der Waals surface area contributed by atoms with Crippen molar-refractivity contribution in [2.45, 2.75) is 0 Å². The zero-order valence-electron chi connectivity index (χ0n) is 8.40. The standard InChI is InChI=1S/C8H11BrN4O2/c1-13(4-6(10)14)8-11-3-5(9)7(12-8)15-2/h3H,4H2,1-2H3,(H2,10,14). The molecule has 0 bridgehead atoms. The molecule has 0 saturated heterocycles. The molecule has 15 heavy (non-hydrogen) atoms. The Balaban J connectivity index is 2.90. The van der Waals surface area contributed by atoms with Crippen molar-refractivity contribution in [1.82, 2.24) is 9.97 Å². The third kappa shape index (κ3) is 3.05. The Bertz CT molecular complexity index is 372. The number of rotatable bonds is 4. The average molecular weight is 275 g/mol. The number of carbonyl (C=O) groups is 1. The maximum absolute atomic E-state index is 10.7. The van der Waals surface area contributed by atoms with Crippen LogP contribution in [-0.4, -0.2) is 36.6 Å². The first-order valence-electron chi connectivity index (χ1n) is 4.10. The van der Waals surface area contributed by atoms with Gasteiger partial charge in [0.25, 0.3) is 0 Å². The fraction of sp³-hybridized carbons (Fsp3) is 0.375. The van der Waals surface area contributed by atoms with Crippen LogP contribution in [0.2, 0.25) is 0 Å². The van der Waals surface area contributed by atoms with Crippen molar-refractivity contribution in [3.63, 3.8) is 0 Å². The van der Waals surface area contributed by atoms with Crippen molar-refractivity contribution in [1.29, 1.82) is 0 Å². The second kappa shape index (κ2) is 4.92. The zero-order chi connectivity index (χ0) is 11.4. The van der Waals surface area contributed by atoms with Gasteiger partial charge in [0.05, 0.1) is 24.3 Å². The molecular weight excluding hydrogens is 264 g/mol. The van der Waals surface area contributed by atoms with Crippen LogP contribution in [0.1, 0.15) is 0 Å². The minimum absolute atomic E-state index is 0.0603. The summed E-state index contributed by atoms with van der Waals surface area (Å²) in [5.41, 5.74) is 5.05. The Morgan fingerprint density at radius 2 is 2.40 bits per heavy atom. The van der Waals surface area contributed by atoms with Gasteiger partial charge in [0, 0.05) is 7.05 Å². The molecule has 0 atom stereocenters. The van der Waals surface area contributed by atoms with Gasteiger partial charge in [-0.05, 0) is 15.9 Å². The number of ether oxygens (including phenoxy) is 1. The molecule has 1 aromatic heterocycles. The molecule has 1 rings (SSSR count). The highest BCUT2D eigenvalue weighted by Gasteiger charge is 2.10. The summed E-state index contributed by atoms with van der Waals surface area (Å²) in [4.78, 5) is 20.3. The lowest BCUT2D eigenvalue weighted by molar-refractivity contribution is -0.116. The van der Waals surface area contributed by atoms with Gasteiger partial charge in [0.15, 0.2) is 0 Å². The lowest BCUT2D eigenvalue weighted by Gasteiger charge is -2.15. The lowest BCUT2D eigenvalue weighted by atomic mass is 10.5. The van der Waals surface area contributed by atoms with Gasteiger partial charge in [-0.3, -0.25) is 4.79 Å². The average Bonchev–Trinajstić information content (AvgIpc) is 2.17. The maximum Gasteiger partial charge on any atom is 0.237 e. The van der Waals surface area contributed by atoms with Crippen molar-refractivity contribution >= 4 is 27.8 Å². The van der Waals surface area contributed by atoms with E-state index in [1.165, 1.54) is 12.0 Å². The molecule has 82 valence electrons. The first kappa shape index (κ1) is 11.7. The van der Waals surface area contributed by atoms with Gasteiger partial charge in [0.1, 0.15) is 0 Å². The van der Waals surface area contributed by atoms with Crippen molar-refractivity contribution in [2.24, 2.45) is 5.73 Å². The van der Waals surface area contributed by atoms with Crippen LogP contribution in [0.5, 0.6) is 5.88 Å². The van der Waals surface area contributed by atoms with Crippen molar-refractivity contribution in [3.05, 3.63) is 10.7 Å². The fourth-order valence-electron chi connectivity index (χ4n) is 0.974. The van der Waals surface area contributed by atoms with Crippen LogP contribution in [0, 0.1) is 0 Å². The lowest BCUT2D eigenvalue weighted by Crippen LogP contribution is -2.31. The molecule has 0 saturated carbocycles. The van der Waals surface area contributed by atoms with Gasteiger partial charge in [-0.25, -0.2) is 4.98 Å². The predicted molar refractivity (Wildman–Crippen MR) is 58.7 cm³/mol. The van der Waals surface area contributed by atoms with E-state index < -0.39 is 5.91 Å². The largest absolute Gasteiger partial charge is 0.480 e. The van der Waals surface area contributed by atoms with E-state index in [0.717, 1.165) is 0 Å². The molecule has 0 aromatic carbocycles. The number of hydrogen-bond acceptors (Lipinski definition) is 5. The summed E-state index contributed by atoms with van der Waals surface area (Å²) >= 11 is 3.23. The number of likely N-dealkylation sites (N-methyl/N-ethyl adjacent to an activating group) is 1. The van der Waals surface area contributed by atoms with E-state index in [0.29, 0.717) is 16.3 Å². The number of amides is 1. The molecule has 0 aliphatic rings. The van der Waals surface area contributed by atoms with Crippen LogP contribution in [0.15, 0.2) is 10.7 Å². The molecule has 0 aliphatic heterocycles. The Kier molecular flexibility index (Phi) is 3.84. The summed E-state index contributed by atoms with van der Waals surface area (Å²) in [7, 11) is 3.18. The van der Waals surface area contributed by atoms with Gasteiger partial charge in [-0.15, -0.1) is 0 Å². The molecule has 0 radical (unpaired) electrons. The number of aromatic nitrogens is 2. The summed E-state index contributed by atoms with van der Waals surface area (Å²) in [5, 5.41) is 0. The number of primary amides is 1. The van der Waals surface area contributed by atoms with Gasteiger partial charge in [-0.2, -0.15) is 4.98 Å². The molecule has 1 amide bonds. The van der Waals surface area contributed by atoms with E-state index >= 15 is 0 Å². The third-order valence-electron chi connectivity index (χ3n) is 1.63. The van der Waals surface area contributed by atoms with Crippen molar-refractivity contribution < 1.29 is 9.53 Å². The predicted octanol–water partition coefficient (Wildman–Crippen LogP) is 0.169. The molecule has 6 nitrogen and oxygen atoms in total. The minimum Gasteiger partial charge on any atom is -0.480 e. The quantitative estimate of drug-likeness (QED) is 0.847. The summed E-state index contributed by atoms with van der Waals surface area (Å²) in [6.07, 6.45) is 1.55. The van der Waals surface area contributed by atoms with E-state index in [4.69, 9.17) is 10.5 Å². The van der Waals surface area contributed by atoms with Crippen LogP contribution in [-0.2, 0) is 4.79 Å². The van der Waals surface area contributed by atoms with Crippen LogP contribution >= 0.6 is 15.9 Å². The van der Waals surface area contributed by atoms with Gasteiger partial charge >= 0.3 is 0 Å². The van der Waals surface area contributed by atoms with Gasteiger partial charge < -0.3 is 15.4 Å². The molecule has 0 fully saturated rings. The number of carbonyl (C=O) groups excluding carboxylic acids is 1. The molecule has 0 spiro atoms. The molecule has 1 aromatic rings. The Morgan fingerprint density at radius 1 is 1.73 bits per heavy atom. The molecule has 0 aliphatic carbocycles. The Labute approximate surface area is 95.6 Å². The number of anilines is 1. The zero-order valence-corrected chi connectivity index (χ0v) is 9.98. The second-order valence-electron chi connectivity index (χ2n) is 2.85. The van der Waals surface area contributed by atoms with E-state index in [9.17, 15) is 4.79 Å². The number of nitrogens with two attached hydrogens (primary N) is 1. The van der Waals surface area contributed by atoms with Gasteiger partial charge in [0.2, 0.25) is 17.7 Å². The fourth-order valence-corrected chi connectivity index (χ4v) is 1.33. The van der Waals surface area contributed by atoms with E-state index in [1.807, 2.05) is 0 Å². The number of methoxy groups -OCH3 is 1. The maximum atomic E-state index is 10.7. The second-order valence-corrected chi connectivity index (χ2v) is 3.70. The monoisotopic (exact) mass is 274 g/mol. The van der Waals surface area contributed by atoms with Crippen LogP contribution in [0.3, 0.4) is 0 Å². The van der Waals surface area contributed by atoms with Crippen molar-refractivity contribution in [2.75, 3.05) is 25.6 Å². The number of nitrogens with zero attached hydrogens (tertiary/aromatic N) is 3. The Hall–Kier alpha value is -1.37. The Morgan fingerprint density at radius 3 is 2.93 bits per heavy atom. The highest BCUT2D eigenvalue weighted by molar-refractivity contribution is 9.10. The molecule has 2 N–H and O–H groups in total. The smallest absolute Gasteiger partial charge is 0.237 e. The van der Waals surface area contributed by atoms with Crippen LogP contribution in [0.4, 0.5) is 5.95 Å². The summed E-state index contributed by atoms with van der Waals surface area (Å²) in [6.45, 7) is 0.0603. The minimum atomic E-state index is -0.442. The summed E-state index contributed by atoms with van der Waals surface area (Å²) in [6, 6.07) is 0. The number of hydrogen-bond donors (Lipinski definition) is 1.